The van der Waals surface area contributed by atoms with E-state index in [1.54, 1.807) is 6.08 Å². The molecular weight excluding hydrogens is 600 g/mol. The van der Waals surface area contributed by atoms with Gasteiger partial charge in [-0.15, -0.1) is 0 Å². The Morgan fingerprint density at radius 1 is 1.11 bits per heavy atom. The first-order valence-electron chi connectivity index (χ1n) is 16.4. The summed E-state index contributed by atoms with van der Waals surface area (Å²) in [5.74, 6) is 1.52. The van der Waals surface area contributed by atoms with Crippen LogP contribution in [0.25, 0.3) is 0 Å². The van der Waals surface area contributed by atoms with Gasteiger partial charge in [-0.05, 0) is 104 Å². The summed E-state index contributed by atoms with van der Waals surface area (Å²) in [7, 11) is 0. The summed E-state index contributed by atoms with van der Waals surface area (Å²) in [5, 5.41) is 3.18. The third kappa shape index (κ3) is 5.68. The molecule has 1 heterocycles. The monoisotopic (exact) mass is 640 g/mol. The van der Waals surface area contributed by atoms with Crippen molar-refractivity contribution in [1.29, 1.82) is 0 Å². The molecule has 46 heavy (non-hydrogen) atoms. The number of Topliss-reactive ketones (excluding diaryl/α,β-unsaturated/α-hetero) is 1. The highest BCUT2D eigenvalue weighted by Crippen LogP contribution is 2.70. The Kier molecular flexibility index (Phi) is 8.66. The van der Waals surface area contributed by atoms with Crippen LogP contribution in [0, 0.1) is 39.4 Å². The third-order valence-electron chi connectivity index (χ3n) is 11.5. The Hall–Kier alpha value is -3.48. The largest absolute Gasteiger partial charge is 0.458 e. The summed E-state index contributed by atoms with van der Waals surface area (Å²) in [5.41, 5.74) is 1.74. The minimum absolute atomic E-state index is 0.0634. The van der Waals surface area contributed by atoms with Crippen LogP contribution >= 0.6 is 0 Å². The molecule has 2 saturated carbocycles. The number of piperidine rings is 1. The van der Waals surface area contributed by atoms with E-state index >= 15 is 4.39 Å². The van der Waals surface area contributed by atoms with Gasteiger partial charge in [0, 0.05) is 37.5 Å². The number of benzene rings is 1. The zero-order valence-electron chi connectivity index (χ0n) is 26.3. The number of ether oxygens (including phenoxy) is 1. The summed E-state index contributed by atoms with van der Waals surface area (Å²) in [6.07, 6.45) is 0.778. The van der Waals surface area contributed by atoms with Crippen LogP contribution in [0.5, 0.6) is 0 Å². The highest BCUT2D eigenvalue weighted by Gasteiger charge is 2.66. The van der Waals surface area contributed by atoms with Crippen LogP contribution in [0.2, 0.25) is 0 Å². The van der Waals surface area contributed by atoms with Crippen LogP contribution in [-0.2, 0) is 14.3 Å². The Balaban J connectivity index is 1.49. The molecule has 4 aliphatic carbocycles. The number of carbonyl (C=O) groups is 2. The molecular formula is C36H40F4N2O4. The number of esters is 1. The van der Waals surface area contributed by atoms with E-state index in [1.165, 1.54) is 12.3 Å². The smallest absolute Gasteiger partial charge is 0.457 e. The van der Waals surface area contributed by atoms with Crippen molar-refractivity contribution in [3.63, 3.8) is 0 Å². The average molecular weight is 641 g/mol. The lowest BCUT2D eigenvalue weighted by Crippen LogP contribution is -2.52. The standard InChI is InChI=1S/C36H40F4N2O4/c1-22(43)46-21-32(44)35(14-15-36(38,39)40)13-12-30-28-19-31(37)27-18-24(41-45)8-11-26(27)33(28)29(20-34(30,35)2)23-6-9-25(10-7-23)42-16-4-3-5-17-42/h6-7,9-10,18,24,28-31H,3-5,8,11-13,16-17,19-21H2,1-2H3/t24?,28-,29?,30-,31?,34-,35-/m0/s1. The number of allylic oxidation sites excluding steroid dienone is 3. The predicted octanol–water partition coefficient (Wildman–Crippen LogP) is 7.77. The first kappa shape index (κ1) is 32.5. The summed E-state index contributed by atoms with van der Waals surface area (Å²) < 4.78 is 62.0. The molecule has 1 aliphatic heterocycles. The van der Waals surface area contributed by atoms with E-state index in [1.807, 2.05) is 6.92 Å². The average Bonchev–Trinajstić information content (AvgIpc) is 3.35. The number of halogens is 4. The third-order valence-corrected chi connectivity index (χ3v) is 11.5. The minimum Gasteiger partial charge on any atom is -0.458 e. The molecule has 0 aromatic heterocycles. The number of ketones is 1. The van der Waals surface area contributed by atoms with E-state index in [-0.39, 0.29) is 30.6 Å². The van der Waals surface area contributed by atoms with Gasteiger partial charge in [0.15, 0.2) is 12.4 Å². The lowest BCUT2D eigenvalue weighted by molar-refractivity contribution is -0.150. The van der Waals surface area contributed by atoms with E-state index < -0.39 is 47.6 Å². The van der Waals surface area contributed by atoms with Crippen molar-refractivity contribution in [3.8, 4) is 11.8 Å². The van der Waals surface area contributed by atoms with Gasteiger partial charge >= 0.3 is 12.1 Å². The molecule has 0 spiro atoms. The van der Waals surface area contributed by atoms with E-state index in [4.69, 9.17) is 4.74 Å². The van der Waals surface area contributed by atoms with Gasteiger partial charge in [0.2, 0.25) is 0 Å². The normalized spacial score (nSPS) is 33.9. The van der Waals surface area contributed by atoms with Gasteiger partial charge < -0.3 is 9.64 Å². The highest BCUT2D eigenvalue weighted by atomic mass is 19.4. The number of hydrogen-bond acceptors (Lipinski definition) is 6. The molecule has 5 aliphatic rings. The van der Waals surface area contributed by atoms with Gasteiger partial charge in [0.25, 0.3) is 0 Å². The van der Waals surface area contributed by atoms with Crippen LogP contribution in [0.15, 0.2) is 52.2 Å². The van der Waals surface area contributed by atoms with Gasteiger partial charge in [-0.2, -0.15) is 18.1 Å². The number of fused-ring (bicyclic) bond motifs is 4. The molecule has 1 aromatic carbocycles. The Labute approximate surface area is 267 Å². The molecule has 1 saturated heterocycles. The number of hydrogen-bond donors (Lipinski definition) is 0. The fourth-order valence-corrected chi connectivity index (χ4v) is 9.43. The van der Waals surface area contributed by atoms with Gasteiger partial charge in [0.1, 0.15) is 12.2 Å². The van der Waals surface area contributed by atoms with Crippen molar-refractivity contribution in [2.75, 3.05) is 24.6 Å². The van der Waals surface area contributed by atoms with Crippen LogP contribution < -0.4 is 4.90 Å². The van der Waals surface area contributed by atoms with E-state index in [0.717, 1.165) is 55.3 Å². The van der Waals surface area contributed by atoms with Crippen LogP contribution in [0.1, 0.15) is 83.1 Å². The van der Waals surface area contributed by atoms with E-state index in [2.05, 4.69) is 40.3 Å². The zero-order chi connectivity index (χ0) is 32.9. The fraction of sp³-hybridized carbons (Fsp3) is 0.611. The summed E-state index contributed by atoms with van der Waals surface area (Å²) in [6.45, 7) is 4.26. The molecule has 3 unspecified atom stereocenters. The van der Waals surface area contributed by atoms with Crippen molar-refractivity contribution < 1.29 is 31.9 Å². The molecule has 10 heteroatoms. The number of alkyl halides is 4. The molecule has 3 fully saturated rings. The minimum atomic E-state index is -4.82. The molecule has 6 rings (SSSR count). The number of nitroso groups, excluding NO2 is 1. The summed E-state index contributed by atoms with van der Waals surface area (Å²) >= 11 is 0. The van der Waals surface area contributed by atoms with Gasteiger partial charge in [-0.25, -0.2) is 4.39 Å². The van der Waals surface area contributed by atoms with Crippen molar-refractivity contribution in [3.05, 3.63) is 57.5 Å². The van der Waals surface area contributed by atoms with E-state index in [0.29, 0.717) is 31.3 Å². The van der Waals surface area contributed by atoms with Crippen molar-refractivity contribution in [2.45, 2.75) is 95.9 Å². The molecule has 0 N–H and O–H groups in total. The second kappa shape index (κ2) is 12.3. The topological polar surface area (TPSA) is 76.0 Å². The number of carbonyl (C=O) groups excluding carboxylic acids is 2. The fourth-order valence-electron chi connectivity index (χ4n) is 9.43. The zero-order valence-corrected chi connectivity index (χ0v) is 26.3. The van der Waals surface area contributed by atoms with Crippen LogP contribution in [-0.4, -0.2) is 49.8 Å². The van der Waals surface area contributed by atoms with Gasteiger partial charge in [0.05, 0.1) is 5.41 Å². The molecule has 1 aromatic rings. The summed E-state index contributed by atoms with van der Waals surface area (Å²) in [4.78, 5) is 39.4. The van der Waals surface area contributed by atoms with Crippen molar-refractivity contribution in [2.24, 2.45) is 27.8 Å². The molecule has 0 bridgehead atoms. The SMILES string of the molecule is CC(=O)OCC(=O)[C@@]1(C#CC(F)(F)F)CC[C@H]2[C@@H]3CC(F)C4=CC(N=O)CCC4=C3C(c3ccc(N4CCCCC4)cc3)C[C@@]21C. The van der Waals surface area contributed by atoms with Gasteiger partial charge in [-0.1, -0.05) is 41.8 Å². The van der Waals surface area contributed by atoms with Crippen LogP contribution in [0.3, 0.4) is 0 Å². The Bertz CT molecular complexity index is 1520. The van der Waals surface area contributed by atoms with E-state index in [9.17, 15) is 27.7 Å². The maximum atomic E-state index is 16.1. The second-order valence-corrected chi connectivity index (χ2v) is 13.9. The molecule has 6 nitrogen and oxygen atoms in total. The molecule has 0 radical (unpaired) electrons. The molecule has 246 valence electrons. The van der Waals surface area contributed by atoms with Crippen LogP contribution in [0.4, 0.5) is 23.2 Å². The maximum absolute atomic E-state index is 16.1. The van der Waals surface area contributed by atoms with Crippen molar-refractivity contribution >= 4 is 17.4 Å². The Morgan fingerprint density at radius 3 is 2.48 bits per heavy atom. The molecule has 7 atom stereocenters. The number of nitrogens with zero attached hydrogens (tertiary/aromatic N) is 2. The predicted molar refractivity (Wildman–Crippen MR) is 166 cm³/mol. The lowest BCUT2D eigenvalue weighted by atomic mass is 9.48. The quantitative estimate of drug-likeness (QED) is 0.137. The lowest BCUT2D eigenvalue weighted by Gasteiger charge is -2.55. The number of rotatable bonds is 6. The Morgan fingerprint density at radius 2 is 1.83 bits per heavy atom. The molecule has 0 amide bonds. The first-order valence-corrected chi connectivity index (χ1v) is 16.4. The first-order chi connectivity index (χ1) is 21.9. The maximum Gasteiger partial charge on any atom is 0.457 e. The highest BCUT2D eigenvalue weighted by molar-refractivity contribution is 5.92. The summed E-state index contributed by atoms with van der Waals surface area (Å²) in [6, 6.07) is 7.69. The van der Waals surface area contributed by atoms with Gasteiger partial charge in [-0.3, -0.25) is 9.59 Å². The number of anilines is 1. The van der Waals surface area contributed by atoms with Crippen molar-refractivity contribution in [1.82, 2.24) is 0 Å². The second-order valence-electron chi connectivity index (χ2n) is 13.9.